The molecule has 1 aromatic carbocycles. The summed E-state index contributed by atoms with van der Waals surface area (Å²) in [6, 6.07) is 3.89. The van der Waals surface area contributed by atoms with Crippen LogP contribution in [0.2, 0.25) is 0 Å². The van der Waals surface area contributed by atoms with Gasteiger partial charge in [-0.15, -0.1) is 0 Å². The number of hydrogen-bond donors (Lipinski definition) is 2. The molecule has 216 valence electrons. The number of nitrogens with one attached hydrogen (secondary N) is 2. The molecular formula is C35H49FN4. The maximum absolute atomic E-state index is 15.7. The molecule has 4 rings (SSSR count). The summed E-state index contributed by atoms with van der Waals surface area (Å²) < 4.78 is 15.7. The Kier molecular flexibility index (Phi) is 9.89. The van der Waals surface area contributed by atoms with E-state index >= 15 is 4.39 Å². The van der Waals surface area contributed by atoms with E-state index in [-0.39, 0.29) is 11.7 Å². The Labute approximate surface area is 240 Å². The molecule has 0 saturated carbocycles. The Morgan fingerprint density at radius 3 is 2.50 bits per heavy atom. The first-order chi connectivity index (χ1) is 19.2. The average Bonchev–Trinajstić information content (AvgIpc) is 3.55. The van der Waals surface area contributed by atoms with E-state index in [0.717, 1.165) is 90.7 Å². The number of allylic oxidation sites excluding steroid dienone is 5. The number of aromatic amines is 2. The van der Waals surface area contributed by atoms with Crippen LogP contribution in [0.4, 0.5) is 4.39 Å². The van der Waals surface area contributed by atoms with E-state index in [9.17, 15) is 0 Å². The number of aromatic nitrogens is 3. The van der Waals surface area contributed by atoms with Gasteiger partial charge in [0.05, 0.1) is 17.7 Å². The van der Waals surface area contributed by atoms with Crippen molar-refractivity contribution in [3.8, 4) is 0 Å². The van der Waals surface area contributed by atoms with Gasteiger partial charge in [-0.3, -0.25) is 4.90 Å². The Bertz CT molecular complexity index is 1380. The molecule has 2 aromatic heterocycles. The van der Waals surface area contributed by atoms with Gasteiger partial charge in [-0.2, -0.15) is 0 Å². The minimum absolute atomic E-state index is 0.0919. The lowest BCUT2D eigenvalue weighted by Gasteiger charge is -2.32. The van der Waals surface area contributed by atoms with Crippen LogP contribution >= 0.6 is 0 Å². The van der Waals surface area contributed by atoms with E-state index in [0.29, 0.717) is 11.8 Å². The highest BCUT2D eigenvalue weighted by Crippen LogP contribution is 2.39. The monoisotopic (exact) mass is 544 g/mol. The molecule has 1 saturated heterocycles. The van der Waals surface area contributed by atoms with Gasteiger partial charge in [0, 0.05) is 23.1 Å². The topological polar surface area (TPSA) is 47.7 Å². The highest BCUT2D eigenvalue weighted by atomic mass is 19.1. The molecule has 1 aliphatic heterocycles. The van der Waals surface area contributed by atoms with Crippen molar-refractivity contribution in [1.82, 2.24) is 19.9 Å². The van der Waals surface area contributed by atoms with Crippen LogP contribution in [-0.4, -0.2) is 32.9 Å². The van der Waals surface area contributed by atoms with Crippen molar-refractivity contribution < 1.29 is 4.39 Å². The van der Waals surface area contributed by atoms with Gasteiger partial charge < -0.3 is 9.97 Å². The van der Waals surface area contributed by atoms with Crippen LogP contribution in [0.15, 0.2) is 48.3 Å². The third-order valence-corrected chi connectivity index (χ3v) is 8.96. The van der Waals surface area contributed by atoms with Gasteiger partial charge >= 0.3 is 0 Å². The average molecular weight is 545 g/mol. The highest BCUT2D eigenvalue weighted by Gasteiger charge is 2.26. The van der Waals surface area contributed by atoms with E-state index < -0.39 is 0 Å². The van der Waals surface area contributed by atoms with Crippen LogP contribution in [-0.2, 0) is 13.0 Å². The first-order valence-corrected chi connectivity index (χ1v) is 15.3. The van der Waals surface area contributed by atoms with Crippen LogP contribution in [0.5, 0.6) is 0 Å². The fourth-order valence-electron chi connectivity index (χ4n) is 6.03. The quantitative estimate of drug-likeness (QED) is 0.236. The first-order valence-electron chi connectivity index (χ1n) is 15.3. The second-order valence-corrected chi connectivity index (χ2v) is 12.0. The van der Waals surface area contributed by atoms with Crippen molar-refractivity contribution in [3.05, 3.63) is 82.4 Å². The summed E-state index contributed by atoms with van der Waals surface area (Å²) >= 11 is 0. The normalized spacial score (nSPS) is 16.8. The van der Waals surface area contributed by atoms with Crippen LogP contribution in [0.1, 0.15) is 114 Å². The second kappa shape index (κ2) is 13.2. The van der Waals surface area contributed by atoms with E-state index in [1.807, 2.05) is 0 Å². The summed E-state index contributed by atoms with van der Waals surface area (Å²) in [4.78, 5) is 13.9. The van der Waals surface area contributed by atoms with Crippen LogP contribution in [0.25, 0.3) is 16.5 Å². The number of halogens is 1. The van der Waals surface area contributed by atoms with Crippen molar-refractivity contribution in [2.75, 3.05) is 13.1 Å². The Hall–Kier alpha value is -2.92. The Balaban J connectivity index is 1.67. The summed E-state index contributed by atoms with van der Waals surface area (Å²) in [6.45, 7) is 22.6. The molecule has 0 bridgehead atoms. The van der Waals surface area contributed by atoms with Gasteiger partial charge in [-0.25, -0.2) is 9.37 Å². The lowest BCUT2D eigenvalue weighted by molar-refractivity contribution is 0.201. The number of aryl methyl sites for hydroxylation is 1. The second-order valence-electron chi connectivity index (χ2n) is 12.0. The summed E-state index contributed by atoms with van der Waals surface area (Å²) in [5, 5.41) is 1.15. The number of nitrogens with zero attached hydrogens (tertiary/aromatic N) is 2. The van der Waals surface area contributed by atoms with Crippen molar-refractivity contribution >= 4 is 16.5 Å². The molecule has 4 nitrogen and oxygen atoms in total. The summed E-state index contributed by atoms with van der Waals surface area (Å²) in [5.74, 6) is 0.933. The summed E-state index contributed by atoms with van der Waals surface area (Å²) in [6.07, 6.45) is 11.2. The van der Waals surface area contributed by atoms with Crippen molar-refractivity contribution in [2.24, 2.45) is 5.92 Å². The van der Waals surface area contributed by atoms with E-state index in [4.69, 9.17) is 0 Å². The lowest BCUT2D eigenvalue weighted by Crippen LogP contribution is -2.33. The third-order valence-electron chi connectivity index (χ3n) is 8.96. The molecule has 0 aliphatic carbocycles. The fourth-order valence-corrected chi connectivity index (χ4v) is 6.03. The molecule has 0 amide bonds. The molecule has 1 atom stereocenters. The summed E-state index contributed by atoms with van der Waals surface area (Å²) in [7, 11) is 0. The zero-order valence-electron chi connectivity index (χ0n) is 25.8. The Morgan fingerprint density at radius 1 is 1.15 bits per heavy atom. The standard InChI is InChI=1S/C35H49FN4/c1-9-23(6)16-27(17-25(8)24(7)10-2)35-34(22(4)5)29-18-28(30(36)19-32(29)39-35)26-12-14-40(15-13-26)20-33-31(11-3)37-21-38-33/h16-19,21-22,24,26,39H,6,9-15,20H2,1-5,7-8H3,(H,37,38)/b25-17-,27-16+. The smallest absolute Gasteiger partial charge is 0.128 e. The number of rotatable bonds is 11. The van der Waals surface area contributed by atoms with Crippen molar-refractivity contribution in [3.63, 3.8) is 0 Å². The molecule has 3 heterocycles. The molecule has 1 fully saturated rings. The number of imidazole rings is 1. The van der Waals surface area contributed by atoms with E-state index in [1.165, 1.54) is 16.8 Å². The largest absolute Gasteiger partial charge is 0.354 e. The van der Waals surface area contributed by atoms with E-state index in [1.54, 1.807) is 12.4 Å². The first kappa shape index (κ1) is 30.0. The lowest BCUT2D eigenvalue weighted by atomic mass is 9.86. The van der Waals surface area contributed by atoms with Gasteiger partial charge in [-0.05, 0) is 98.7 Å². The van der Waals surface area contributed by atoms with Gasteiger partial charge in [0.15, 0.2) is 0 Å². The summed E-state index contributed by atoms with van der Waals surface area (Å²) in [5.41, 5.74) is 10.1. The molecule has 1 aliphatic rings. The third kappa shape index (κ3) is 6.52. The van der Waals surface area contributed by atoms with Crippen LogP contribution in [0, 0.1) is 11.7 Å². The molecule has 40 heavy (non-hydrogen) atoms. The highest BCUT2D eigenvalue weighted by molar-refractivity contribution is 5.92. The Morgan fingerprint density at radius 2 is 1.88 bits per heavy atom. The number of likely N-dealkylation sites (tertiary alicyclic amines) is 1. The number of piperidine rings is 1. The molecule has 2 N–H and O–H groups in total. The predicted molar refractivity (Wildman–Crippen MR) is 168 cm³/mol. The number of H-pyrrole nitrogens is 2. The number of hydrogen-bond acceptors (Lipinski definition) is 2. The van der Waals surface area contributed by atoms with Crippen LogP contribution in [0.3, 0.4) is 0 Å². The predicted octanol–water partition coefficient (Wildman–Crippen LogP) is 9.44. The zero-order valence-corrected chi connectivity index (χ0v) is 25.8. The molecule has 3 aromatic rings. The van der Waals surface area contributed by atoms with Crippen molar-refractivity contribution in [2.45, 2.75) is 99.0 Å². The number of benzene rings is 1. The van der Waals surface area contributed by atoms with Crippen molar-refractivity contribution in [1.29, 1.82) is 0 Å². The fraction of sp³-hybridized carbons (Fsp3) is 0.514. The van der Waals surface area contributed by atoms with Crippen LogP contribution < -0.4 is 0 Å². The molecular weight excluding hydrogens is 495 g/mol. The maximum atomic E-state index is 15.7. The van der Waals surface area contributed by atoms with Gasteiger partial charge in [-0.1, -0.05) is 71.4 Å². The van der Waals surface area contributed by atoms with Gasteiger partial charge in [0.1, 0.15) is 5.82 Å². The molecule has 0 spiro atoms. The van der Waals surface area contributed by atoms with E-state index in [2.05, 4.69) is 93.1 Å². The number of fused-ring (bicyclic) bond motifs is 1. The van der Waals surface area contributed by atoms with Gasteiger partial charge in [0.2, 0.25) is 0 Å². The minimum Gasteiger partial charge on any atom is -0.354 e. The SMILES string of the molecule is C=C(/C=C(\C=C(\C)C(C)CC)c1[nH]c2cc(F)c(C3CCN(Cc4[nH]cnc4CC)CC3)cc2c1C(C)C)CC. The maximum Gasteiger partial charge on any atom is 0.128 e. The minimum atomic E-state index is -0.0919. The molecule has 1 unspecified atom stereocenters. The zero-order chi connectivity index (χ0) is 29.0. The molecule has 5 heteroatoms. The molecule has 0 radical (unpaired) electrons. The van der Waals surface area contributed by atoms with Gasteiger partial charge in [0.25, 0.3) is 0 Å².